The van der Waals surface area contributed by atoms with Crippen LogP contribution < -0.4 is 19.1 Å². The molecule has 3 aromatic rings. The Kier molecular flexibility index (Phi) is 8.54. The first-order valence-corrected chi connectivity index (χ1v) is 12.6. The highest BCUT2D eigenvalue weighted by Gasteiger charge is 2.21. The third-order valence-electron chi connectivity index (χ3n) is 5.20. The average Bonchev–Trinajstić information content (AvgIpc) is 2.86. The Balaban J connectivity index is 1.60. The van der Waals surface area contributed by atoms with Crippen LogP contribution in [0.3, 0.4) is 0 Å². The molecular weight excluding hydrogens is 452 g/mol. The number of rotatable bonds is 11. The highest BCUT2D eigenvalue weighted by atomic mass is 32.2. The van der Waals surface area contributed by atoms with Crippen LogP contribution in [0.2, 0.25) is 0 Å². The molecule has 0 aliphatic rings. The summed E-state index contributed by atoms with van der Waals surface area (Å²) in [6.07, 6.45) is 0.618. The van der Waals surface area contributed by atoms with E-state index in [1.165, 1.54) is 35.6 Å². The van der Waals surface area contributed by atoms with Gasteiger partial charge < -0.3 is 14.8 Å². The molecule has 0 saturated heterocycles. The third kappa shape index (κ3) is 6.08. The van der Waals surface area contributed by atoms with Crippen LogP contribution >= 0.6 is 0 Å². The van der Waals surface area contributed by atoms with Crippen molar-refractivity contribution in [1.82, 2.24) is 5.32 Å². The quantitative estimate of drug-likeness (QED) is 0.441. The number of nitrogens with one attached hydrogen (secondary N) is 1. The number of nitrogens with zero attached hydrogens (tertiary/aromatic N) is 1. The molecule has 0 radical (unpaired) electrons. The first kappa shape index (κ1) is 25.1. The molecule has 0 heterocycles. The molecule has 0 atom stereocenters. The Bertz CT molecular complexity index is 1200. The maximum Gasteiger partial charge on any atom is 0.264 e. The lowest BCUT2D eigenvalue weighted by molar-refractivity contribution is 0.0954. The Morgan fingerprint density at radius 2 is 1.53 bits per heavy atom. The molecule has 7 nitrogen and oxygen atoms in total. The molecule has 0 bridgehead atoms. The molecule has 0 aliphatic heterocycles. The monoisotopic (exact) mass is 482 g/mol. The van der Waals surface area contributed by atoms with Gasteiger partial charge in [-0.25, -0.2) is 8.42 Å². The van der Waals surface area contributed by atoms with Gasteiger partial charge in [0.15, 0.2) is 11.5 Å². The number of sulfonamides is 1. The summed E-state index contributed by atoms with van der Waals surface area (Å²) in [5.74, 6) is 1.12. The van der Waals surface area contributed by atoms with Gasteiger partial charge in [-0.3, -0.25) is 9.10 Å². The lowest BCUT2D eigenvalue weighted by atomic mass is 10.1. The number of carbonyl (C=O) groups excluding carboxylic acids is 1. The number of carbonyl (C=O) groups is 1. The summed E-state index contributed by atoms with van der Waals surface area (Å²) in [6, 6.07) is 20.5. The van der Waals surface area contributed by atoms with Crippen LogP contribution in [0.5, 0.6) is 11.5 Å². The summed E-state index contributed by atoms with van der Waals surface area (Å²) in [4.78, 5) is 12.7. The molecule has 0 unspecified atom stereocenters. The molecule has 0 saturated carbocycles. The van der Waals surface area contributed by atoms with Crippen LogP contribution in [0.25, 0.3) is 0 Å². The predicted molar refractivity (Wildman–Crippen MR) is 133 cm³/mol. The van der Waals surface area contributed by atoms with E-state index >= 15 is 0 Å². The maximum atomic E-state index is 12.9. The van der Waals surface area contributed by atoms with Crippen LogP contribution in [0.4, 0.5) is 5.69 Å². The minimum Gasteiger partial charge on any atom is -0.490 e. The summed E-state index contributed by atoms with van der Waals surface area (Å²) in [7, 11) is -2.22. The molecule has 0 aliphatic carbocycles. The minimum absolute atomic E-state index is 0.119. The van der Waals surface area contributed by atoms with Crippen LogP contribution in [0.15, 0.2) is 77.7 Å². The molecule has 1 amide bonds. The number of amides is 1. The molecule has 8 heteroatoms. The SMILES string of the molecule is CCOc1ccc(CCNC(=O)c2ccc(S(=O)(=O)N(C)c3ccccc3)cc2)cc1OCC. The summed E-state index contributed by atoms with van der Waals surface area (Å²) in [5, 5.41) is 2.87. The molecule has 3 aromatic carbocycles. The van der Waals surface area contributed by atoms with E-state index in [0.717, 1.165) is 5.56 Å². The van der Waals surface area contributed by atoms with Crippen molar-refractivity contribution < 1.29 is 22.7 Å². The van der Waals surface area contributed by atoms with Crippen molar-refractivity contribution in [3.05, 3.63) is 83.9 Å². The fourth-order valence-corrected chi connectivity index (χ4v) is 4.58. The van der Waals surface area contributed by atoms with Gasteiger partial charge in [0.2, 0.25) is 0 Å². The molecule has 1 N–H and O–H groups in total. The maximum absolute atomic E-state index is 12.9. The van der Waals surface area contributed by atoms with E-state index in [0.29, 0.717) is 48.9 Å². The van der Waals surface area contributed by atoms with Crippen LogP contribution in [-0.4, -0.2) is 41.1 Å². The highest BCUT2D eigenvalue weighted by Crippen LogP contribution is 2.28. The second-order valence-electron chi connectivity index (χ2n) is 7.49. The van der Waals surface area contributed by atoms with E-state index in [1.54, 1.807) is 24.3 Å². The summed E-state index contributed by atoms with van der Waals surface area (Å²) < 4.78 is 38.2. The van der Waals surface area contributed by atoms with Gasteiger partial charge in [0.05, 0.1) is 23.8 Å². The molecule has 0 aromatic heterocycles. The topological polar surface area (TPSA) is 84.9 Å². The van der Waals surface area contributed by atoms with Gasteiger partial charge in [-0.05, 0) is 74.4 Å². The van der Waals surface area contributed by atoms with Crippen molar-refractivity contribution in [2.24, 2.45) is 0 Å². The van der Waals surface area contributed by atoms with E-state index in [2.05, 4.69) is 5.32 Å². The van der Waals surface area contributed by atoms with E-state index in [1.807, 2.05) is 38.1 Å². The van der Waals surface area contributed by atoms with Crippen LogP contribution in [-0.2, 0) is 16.4 Å². The lowest BCUT2D eigenvalue weighted by Crippen LogP contribution is -2.27. The lowest BCUT2D eigenvalue weighted by Gasteiger charge is -2.19. The molecular formula is C26H30N2O5S. The second kappa shape index (κ2) is 11.6. The second-order valence-corrected chi connectivity index (χ2v) is 9.45. The Morgan fingerprint density at radius 3 is 2.18 bits per heavy atom. The number of benzene rings is 3. The molecule has 0 spiro atoms. The number of hydrogen-bond donors (Lipinski definition) is 1. The van der Waals surface area contributed by atoms with Gasteiger partial charge in [-0.1, -0.05) is 24.3 Å². The zero-order chi connectivity index (χ0) is 24.6. The largest absolute Gasteiger partial charge is 0.490 e. The molecule has 34 heavy (non-hydrogen) atoms. The summed E-state index contributed by atoms with van der Waals surface area (Å²) >= 11 is 0. The van der Waals surface area contributed by atoms with Crippen molar-refractivity contribution in [1.29, 1.82) is 0 Å². The normalized spacial score (nSPS) is 11.0. The highest BCUT2D eigenvalue weighted by molar-refractivity contribution is 7.92. The smallest absolute Gasteiger partial charge is 0.264 e. The van der Waals surface area contributed by atoms with Crippen molar-refractivity contribution in [3.63, 3.8) is 0 Å². The first-order valence-electron chi connectivity index (χ1n) is 11.2. The fraction of sp³-hybridized carbons (Fsp3) is 0.269. The van der Waals surface area contributed by atoms with Crippen molar-refractivity contribution in [2.75, 3.05) is 31.1 Å². The number of ether oxygens (including phenoxy) is 2. The summed E-state index contributed by atoms with van der Waals surface area (Å²) in [6.45, 7) is 5.35. The zero-order valence-electron chi connectivity index (χ0n) is 19.7. The molecule has 0 fully saturated rings. The van der Waals surface area contributed by atoms with E-state index < -0.39 is 10.0 Å². The zero-order valence-corrected chi connectivity index (χ0v) is 20.5. The number of anilines is 1. The average molecular weight is 483 g/mol. The summed E-state index contributed by atoms with van der Waals surface area (Å²) in [5.41, 5.74) is 1.96. The van der Waals surface area contributed by atoms with E-state index in [-0.39, 0.29) is 10.8 Å². The molecule has 3 rings (SSSR count). The third-order valence-corrected chi connectivity index (χ3v) is 7.00. The predicted octanol–water partition coefficient (Wildman–Crippen LogP) is 4.28. The Hall–Kier alpha value is -3.52. The molecule has 180 valence electrons. The number of para-hydroxylation sites is 1. The van der Waals surface area contributed by atoms with Crippen molar-refractivity contribution in [3.8, 4) is 11.5 Å². The van der Waals surface area contributed by atoms with Crippen LogP contribution in [0, 0.1) is 0 Å². The number of hydrogen-bond acceptors (Lipinski definition) is 5. The van der Waals surface area contributed by atoms with Gasteiger partial charge in [0, 0.05) is 19.2 Å². The van der Waals surface area contributed by atoms with Crippen LogP contribution in [0.1, 0.15) is 29.8 Å². The van der Waals surface area contributed by atoms with Crippen molar-refractivity contribution in [2.45, 2.75) is 25.2 Å². The minimum atomic E-state index is -3.72. The van der Waals surface area contributed by atoms with Gasteiger partial charge in [0.25, 0.3) is 15.9 Å². The fourth-order valence-electron chi connectivity index (χ4n) is 3.39. The van der Waals surface area contributed by atoms with E-state index in [4.69, 9.17) is 9.47 Å². The Morgan fingerprint density at radius 1 is 0.882 bits per heavy atom. The Labute approximate surface area is 201 Å². The first-order chi connectivity index (χ1) is 16.4. The van der Waals surface area contributed by atoms with Crippen molar-refractivity contribution >= 4 is 21.6 Å². The van der Waals surface area contributed by atoms with Gasteiger partial charge >= 0.3 is 0 Å². The van der Waals surface area contributed by atoms with Gasteiger partial charge in [-0.15, -0.1) is 0 Å². The van der Waals surface area contributed by atoms with Gasteiger partial charge in [0.1, 0.15) is 0 Å². The van der Waals surface area contributed by atoms with Gasteiger partial charge in [-0.2, -0.15) is 0 Å². The standard InChI is InChI=1S/C26H30N2O5S/c1-4-32-24-16-11-20(19-25(24)33-5-2)17-18-27-26(29)21-12-14-23(15-13-21)34(30,31)28(3)22-9-7-6-8-10-22/h6-16,19H,4-5,17-18H2,1-3H3,(H,27,29). The van der Waals surface area contributed by atoms with E-state index in [9.17, 15) is 13.2 Å².